The molecule has 0 amide bonds. The summed E-state index contributed by atoms with van der Waals surface area (Å²) in [6, 6.07) is 4.30. The van der Waals surface area contributed by atoms with Crippen molar-refractivity contribution in [3.05, 3.63) is 23.3 Å². The molecule has 4 nitrogen and oxygen atoms in total. The van der Waals surface area contributed by atoms with Crippen LogP contribution in [0.4, 0.5) is 4.39 Å². The number of fused-ring (bicyclic) bond motifs is 3. The fraction of sp³-hybridized carbons (Fsp3) is 0.727. The smallest absolute Gasteiger partial charge is 0.161 e. The van der Waals surface area contributed by atoms with Gasteiger partial charge < -0.3 is 14.6 Å². The van der Waals surface area contributed by atoms with E-state index in [1.165, 1.54) is 11.1 Å². The third kappa shape index (κ3) is 4.09. The van der Waals surface area contributed by atoms with E-state index in [2.05, 4.69) is 30.9 Å². The van der Waals surface area contributed by atoms with E-state index in [4.69, 9.17) is 9.47 Å². The van der Waals surface area contributed by atoms with E-state index in [0.29, 0.717) is 25.2 Å². The van der Waals surface area contributed by atoms with Crippen molar-refractivity contribution in [3.8, 4) is 11.5 Å². The Morgan fingerprint density at radius 1 is 1.26 bits per heavy atom. The number of nitrogens with zero attached hydrogens (tertiary/aromatic N) is 1. The van der Waals surface area contributed by atoms with Gasteiger partial charge in [-0.15, -0.1) is 0 Å². The summed E-state index contributed by atoms with van der Waals surface area (Å²) in [6.45, 7) is 5.89. The summed E-state index contributed by atoms with van der Waals surface area (Å²) in [5.41, 5.74) is 1.68. The Bertz CT molecular complexity index is 651. The zero-order valence-electron chi connectivity index (χ0n) is 17.1. The lowest BCUT2D eigenvalue weighted by molar-refractivity contribution is -0.109. The molecule has 1 saturated heterocycles. The lowest BCUT2D eigenvalue weighted by Gasteiger charge is -2.52. The molecule has 1 aromatic carbocycles. The van der Waals surface area contributed by atoms with Crippen molar-refractivity contribution >= 4 is 0 Å². The molecule has 0 bridgehead atoms. The molecule has 1 N–H and O–H groups in total. The predicted molar refractivity (Wildman–Crippen MR) is 105 cm³/mol. The van der Waals surface area contributed by atoms with Gasteiger partial charge in [-0.05, 0) is 61.3 Å². The summed E-state index contributed by atoms with van der Waals surface area (Å²) in [7, 11) is 3.31. The maximum Gasteiger partial charge on any atom is 0.161 e. The first-order chi connectivity index (χ1) is 12.9. The van der Waals surface area contributed by atoms with Crippen LogP contribution in [0.1, 0.15) is 56.7 Å². The summed E-state index contributed by atoms with van der Waals surface area (Å²) < 4.78 is 23.9. The van der Waals surface area contributed by atoms with Crippen LogP contribution in [-0.4, -0.2) is 49.6 Å². The number of hydrogen-bond acceptors (Lipinski definition) is 4. The lowest BCUT2D eigenvalue weighted by Crippen LogP contribution is -2.55. The molecular weight excluding hydrogens is 344 g/mol. The standard InChI is InChI=1S/C22H34FNO3/c1-15(2)10-17-14-24-9-6-16-11-20(26-3)21(27-4)12-18(16)19(24)13-22(17,25)7-5-8-23/h11-12,15,17,19,25H,5-10,13-14H2,1-4H3/t17-,19-,22-/m0/s1/i23-1. The molecule has 5 heteroatoms. The van der Waals surface area contributed by atoms with E-state index < -0.39 is 5.60 Å². The average Bonchev–Trinajstić information content (AvgIpc) is 2.65. The highest BCUT2D eigenvalue weighted by Gasteiger charge is 2.47. The molecular formula is C22H34FNO3. The normalized spacial score (nSPS) is 28.0. The molecule has 1 aromatic rings. The number of hydrogen-bond donors (Lipinski definition) is 1. The number of piperidine rings is 1. The highest BCUT2D eigenvalue weighted by atomic mass is 18.2. The number of rotatable bonds is 7. The molecule has 0 unspecified atom stereocenters. The molecule has 1 fully saturated rings. The lowest BCUT2D eigenvalue weighted by atomic mass is 9.69. The Morgan fingerprint density at radius 3 is 2.59 bits per heavy atom. The summed E-state index contributed by atoms with van der Waals surface area (Å²) in [4.78, 5) is 2.51. The third-order valence-corrected chi connectivity index (χ3v) is 6.37. The average molecular weight is 379 g/mol. The molecule has 2 aliphatic rings. The Labute approximate surface area is 162 Å². The van der Waals surface area contributed by atoms with E-state index in [-0.39, 0.29) is 18.6 Å². The second kappa shape index (κ2) is 8.36. The van der Waals surface area contributed by atoms with E-state index in [0.717, 1.165) is 37.4 Å². The van der Waals surface area contributed by atoms with E-state index in [9.17, 15) is 9.50 Å². The Morgan fingerprint density at radius 2 is 1.96 bits per heavy atom. The summed E-state index contributed by atoms with van der Waals surface area (Å²) in [5.74, 6) is 2.20. The van der Waals surface area contributed by atoms with Gasteiger partial charge in [-0.25, -0.2) is 0 Å². The zero-order chi connectivity index (χ0) is 19.6. The first kappa shape index (κ1) is 20.4. The van der Waals surface area contributed by atoms with E-state index in [1.807, 2.05) is 0 Å². The summed E-state index contributed by atoms with van der Waals surface area (Å²) in [5, 5.41) is 11.6. The van der Waals surface area contributed by atoms with Gasteiger partial charge in [-0.1, -0.05) is 13.8 Å². The topological polar surface area (TPSA) is 41.9 Å². The first-order valence-corrected chi connectivity index (χ1v) is 10.2. The fourth-order valence-corrected chi connectivity index (χ4v) is 5.03. The number of benzene rings is 1. The van der Waals surface area contributed by atoms with Gasteiger partial charge in [0.2, 0.25) is 0 Å². The molecule has 0 saturated carbocycles. The highest BCUT2D eigenvalue weighted by Crippen LogP contribution is 2.48. The summed E-state index contributed by atoms with van der Waals surface area (Å²) >= 11 is 0. The van der Waals surface area contributed by atoms with Gasteiger partial charge in [0.1, 0.15) is 0 Å². The van der Waals surface area contributed by atoms with Crippen LogP contribution in [-0.2, 0) is 6.42 Å². The minimum atomic E-state index is -0.806. The molecule has 0 spiro atoms. The van der Waals surface area contributed by atoms with Crippen LogP contribution in [0.25, 0.3) is 0 Å². The SMILES string of the molecule is COc1cc2c(cc1OC)[C@@H]1C[C@@](O)(CCC[18F])[C@@H](CC(C)C)CN1CC2. The second-order valence-electron chi connectivity index (χ2n) is 8.59. The van der Waals surface area contributed by atoms with Crippen molar-refractivity contribution in [3.63, 3.8) is 0 Å². The van der Waals surface area contributed by atoms with Crippen LogP contribution >= 0.6 is 0 Å². The van der Waals surface area contributed by atoms with Crippen LogP contribution in [0.15, 0.2) is 12.1 Å². The molecule has 3 rings (SSSR count). The maximum absolute atomic E-state index is 12.9. The number of methoxy groups -OCH3 is 2. The monoisotopic (exact) mass is 378 g/mol. The van der Waals surface area contributed by atoms with Gasteiger partial charge in [-0.3, -0.25) is 9.29 Å². The van der Waals surface area contributed by atoms with Crippen molar-refractivity contribution in [2.45, 2.75) is 57.6 Å². The van der Waals surface area contributed by atoms with Crippen LogP contribution in [0.5, 0.6) is 11.5 Å². The number of aliphatic hydroxyl groups is 1. The largest absolute Gasteiger partial charge is 0.493 e. The van der Waals surface area contributed by atoms with Crippen LogP contribution in [0.2, 0.25) is 0 Å². The van der Waals surface area contributed by atoms with Gasteiger partial charge in [0.25, 0.3) is 0 Å². The predicted octanol–water partition coefficient (Wildman–Crippen LogP) is 4.15. The quantitative estimate of drug-likeness (QED) is 0.774. The Kier molecular flexibility index (Phi) is 6.32. The number of ether oxygens (including phenoxy) is 2. The molecule has 3 atom stereocenters. The summed E-state index contributed by atoms with van der Waals surface area (Å²) in [6.07, 6.45) is 3.58. The van der Waals surface area contributed by atoms with Crippen molar-refractivity contribution < 1.29 is 19.0 Å². The van der Waals surface area contributed by atoms with Crippen molar-refractivity contribution in [2.75, 3.05) is 34.0 Å². The van der Waals surface area contributed by atoms with Gasteiger partial charge in [0.15, 0.2) is 11.5 Å². The Hall–Kier alpha value is -1.33. The minimum absolute atomic E-state index is 0.154. The molecule has 2 heterocycles. The maximum atomic E-state index is 12.9. The molecule has 0 radical (unpaired) electrons. The van der Waals surface area contributed by atoms with Gasteiger partial charge in [0.05, 0.1) is 26.5 Å². The van der Waals surface area contributed by atoms with E-state index >= 15 is 0 Å². The Balaban J connectivity index is 1.93. The molecule has 152 valence electrons. The van der Waals surface area contributed by atoms with Crippen LogP contribution < -0.4 is 9.47 Å². The van der Waals surface area contributed by atoms with Gasteiger partial charge in [0, 0.05) is 25.0 Å². The number of alkyl halides is 1. The van der Waals surface area contributed by atoms with Gasteiger partial charge >= 0.3 is 0 Å². The van der Waals surface area contributed by atoms with Crippen molar-refractivity contribution in [1.82, 2.24) is 4.90 Å². The fourth-order valence-electron chi connectivity index (χ4n) is 5.03. The molecule has 0 aliphatic carbocycles. The molecule has 0 aromatic heterocycles. The van der Waals surface area contributed by atoms with Crippen molar-refractivity contribution in [2.24, 2.45) is 11.8 Å². The highest BCUT2D eigenvalue weighted by molar-refractivity contribution is 5.49. The van der Waals surface area contributed by atoms with E-state index in [1.54, 1.807) is 14.2 Å². The number of halogens is 1. The minimum Gasteiger partial charge on any atom is -0.493 e. The van der Waals surface area contributed by atoms with Crippen LogP contribution in [0.3, 0.4) is 0 Å². The zero-order valence-corrected chi connectivity index (χ0v) is 17.1. The van der Waals surface area contributed by atoms with Crippen LogP contribution in [0, 0.1) is 11.8 Å². The van der Waals surface area contributed by atoms with Gasteiger partial charge in [-0.2, -0.15) is 0 Å². The molecule has 2 aliphatic heterocycles. The second-order valence-corrected chi connectivity index (χ2v) is 8.59. The first-order valence-electron chi connectivity index (χ1n) is 10.2. The molecule has 27 heavy (non-hydrogen) atoms. The third-order valence-electron chi connectivity index (χ3n) is 6.37. The van der Waals surface area contributed by atoms with Crippen molar-refractivity contribution in [1.29, 1.82) is 0 Å².